The number of nitrogens with one attached hydrogen (secondary N) is 1. The Kier molecular flexibility index (Phi) is 7.61. The van der Waals surface area contributed by atoms with Gasteiger partial charge in [-0.05, 0) is 48.2 Å². The van der Waals surface area contributed by atoms with Crippen LogP contribution in [0.1, 0.15) is 36.9 Å². The average molecular weight is 396 g/mol. The Morgan fingerprint density at radius 3 is 2.38 bits per heavy atom. The molecule has 26 heavy (non-hydrogen) atoms. The van der Waals surface area contributed by atoms with E-state index in [0.717, 1.165) is 17.5 Å². The zero-order valence-electron chi connectivity index (χ0n) is 15.1. The summed E-state index contributed by atoms with van der Waals surface area (Å²) in [5.74, 6) is 1.29. The molecule has 0 fully saturated rings. The Labute approximate surface area is 164 Å². The molecule has 0 aliphatic rings. The molecule has 0 saturated carbocycles. The van der Waals surface area contributed by atoms with Gasteiger partial charge in [-0.2, -0.15) is 0 Å². The second-order valence-electron chi connectivity index (χ2n) is 5.89. The molecule has 2 aromatic rings. The van der Waals surface area contributed by atoms with E-state index in [1.54, 1.807) is 26.4 Å². The fourth-order valence-electron chi connectivity index (χ4n) is 2.71. The van der Waals surface area contributed by atoms with Gasteiger partial charge in [-0.1, -0.05) is 42.3 Å². The van der Waals surface area contributed by atoms with Crippen LogP contribution >= 0.6 is 23.2 Å². The van der Waals surface area contributed by atoms with E-state index in [1.807, 2.05) is 31.2 Å². The Morgan fingerprint density at radius 1 is 1.04 bits per heavy atom. The lowest BCUT2D eigenvalue weighted by Crippen LogP contribution is -2.28. The van der Waals surface area contributed by atoms with Crippen LogP contribution in [0.5, 0.6) is 11.5 Å². The highest BCUT2D eigenvalue weighted by Crippen LogP contribution is 2.31. The van der Waals surface area contributed by atoms with Gasteiger partial charge >= 0.3 is 0 Å². The molecule has 0 heterocycles. The summed E-state index contributed by atoms with van der Waals surface area (Å²) in [6.45, 7) is 2.03. The number of methoxy groups -OCH3 is 2. The monoisotopic (exact) mass is 395 g/mol. The molecular weight excluding hydrogens is 373 g/mol. The second-order valence-corrected chi connectivity index (χ2v) is 6.71. The van der Waals surface area contributed by atoms with Crippen molar-refractivity contribution in [3.05, 3.63) is 57.6 Å². The van der Waals surface area contributed by atoms with E-state index in [-0.39, 0.29) is 11.9 Å². The molecule has 0 radical (unpaired) electrons. The number of carbonyl (C=O) groups is 1. The summed E-state index contributed by atoms with van der Waals surface area (Å²) >= 11 is 11.9. The molecule has 0 aromatic heterocycles. The largest absolute Gasteiger partial charge is 0.493 e. The van der Waals surface area contributed by atoms with Crippen LogP contribution in [-0.4, -0.2) is 20.1 Å². The van der Waals surface area contributed by atoms with Gasteiger partial charge in [0.15, 0.2) is 11.5 Å². The molecule has 0 unspecified atom stereocenters. The van der Waals surface area contributed by atoms with Gasteiger partial charge in [-0.25, -0.2) is 0 Å². The number of rotatable bonds is 8. The number of hydrogen-bond donors (Lipinski definition) is 1. The second kappa shape index (κ2) is 9.70. The summed E-state index contributed by atoms with van der Waals surface area (Å²) in [7, 11) is 3.19. The molecular formula is C20H23Cl2NO3. The zero-order valence-corrected chi connectivity index (χ0v) is 16.7. The van der Waals surface area contributed by atoms with Gasteiger partial charge in [0.2, 0.25) is 5.91 Å². The van der Waals surface area contributed by atoms with Crippen LogP contribution in [0.15, 0.2) is 36.4 Å². The van der Waals surface area contributed by atoms with Gasteiger partial charge in [-0.15, -0.1) is 0 Å². The third kappa shape index (κ3) is 5.29. The first-order valence-corrected chi connectivity index (χ1v) is 9.19. The smallest absolute Gasteiger partial charge is 0.220 e. The molecule has 0 saturated heterocycles. The Morgan fingerprint density at radius 2 is 1.77 bits per heavy atom. The van der Waals surface area contributed by atoms with Crippen molar-refractivity contribution in [2.75, 3.05) is 14.2 Å². The maximum Gasteiger partial charge on any atom is 0.220 e. The molecule has 0 aliphatic heterocycles. The number of hydrogen-bond acceptors (Lipinski definition) is 3. The summed E-state index contributed by atoms with van der Waals surface area (Å²) < 4.78 is 10.6. The van der Waals surface area contributed by atoms with Gasteiger partial charge in [0.1, 0.15) is 0 Å². The summed E-state index contributed by atoms with van der Waals surface area (Å²) in [6.07, 6.45) is 1.75. The molecule has 6 heteroatoms. The third-order valence-corrected chi connectivity index (χ3v) is 4.92. The number of aryl methyl sites for hydroxylation is 1. The Balaban J connectivity index is 2.00. The zero-order chi connectivity index (χ0) is 19.1. The SMILES string of the molecule is CC[C@@H](NC(=O)CCc1ccc(Cl)c(Cl)c1)c1ccc(OC)c(OC)c1. The lowest BCUT2D eigenvalue weighted by Gasteiger charge is -2.19. The van der Waals surface area contributed by atoms with Crippen LogP contribution in [0.2, 0.25) is 10.0 Å². The minimum absolute atomic E-state index is 0.0160. The predicted octanol–water partition coefficient (Wildman–Crippen LogP) is 5.21. The van der Waals surface area contributed by atoms with E-state index >= 15 is 0 Å². The molecule has 0 bridgehead atoms. The van der Waals surface area contributed by atoms with E-state index in [2.05, 4.69) is 5.32 Å². The van der Waals surface area contributed by atoms with Gasteiger partial charge in [0.25, 0.3) is 0 Å². The molecule has 1 amide bonds. The third-order valence-electron chi connectivity index (χ3n) is 4.18. The number of ether oxygens (including phenoxy) is 2. The normalized spacial score (nSPS) is 11.7. The first-order chi connectivity index (χ1) is 12.5. The van der Waals surface area contributed by atoms with Crippen molar-refractivity contribution in [2.45, 2.75) is 32.2 Å². The number of halogens is 2. The van der Waals surface area contributed by atoms with Crippen molar-refractivity contribution in [1.29, 1.82) is 0 Å². The molecule has 1 N–H and O–H groups in total. The summed E-state index contributed by atoms with van der Waals surface area (Å²) in [4.78, 5) is 12.4. The van der Waals surface area contributed by atoms with E-state index < -0.39 is 0 Å². The number of benzene rings is 2. The molecule has 0 spiro atoms. The highest BCUT2D eigenvalue weighted by molar-refractivity contribution is 6.42. The summed E-state index contributed by atoms with van der Waals surface area (Å²) in [5, 5.41) is 4.09. The van der Waals surface area contributed by atoms with E-state index in [1.165, 1.54) is 0 Å². The molecule has 2 rings (SSSR count). The summed E-state index contributed by atoms with van der Waals surface area (Å²) in [6, 6.07) is 11.0. The van der Waals surface area contributed by atoms with Crippen molar-refractivity contribution in [3.8, 4) is 11.5 Å². The minimum Gasteiger partial charge on any atom is -0.493 e. The van der Waals surface area contributed by atoms with Crippen molar-refractivity contribution in [2.24, 2.45) is 0 Å². The van der Waals surface area contributed by atoms with Gasteiger partial charge in [-0.3, -0.25) is 4.79 Å². The Bertz CT molecular complexity index is 765. The molecule has 0 aliphatic carbocycles. The average Bonchev–Trinajstić information content (AvgIpc) is 2.66. The van der Waals surface area contributed by atoms with E-state index in [0.29, 0.717) is 34.4 Å². The molecule has 4 nitrogen and oxygen atoms in total. The number of carbonyl (C=O) groups excluding carboxylic acids is 1. The summed E-state index contributed by atoms with van der Waals surface area (Å²) in [5.41, 5.74) is 1.96. The van der Waals surface area contributed by atoms with Crippen LogP contribution in [-0.2, 0) is 11.2 Å². The quantitative estimate of drug-likeness (QED) is 0.666. The standard InChI is InChI=1S/C20H23Cl2NO3/c1-4-17(14-7-9-18(25-2)19(12-14)26-3)23-20(24)10-6-13-5-8-15(21)16(22)11-13/h5,7-9,11-12,17H,4,6,10H2,1-3H3,(H,23,24)/t17-/m1/s1. The van der Waals surface area contributed by atoms with Crippen LogP contribution in [0.4, 0.5) is 0 Å². The number of amides is 1. The van der Waals surface area contributed by atoms with Crippen LogP contribution < -0.4 is 14.8 Å². The fourth-order valence-corrected chi connectivity index (χ4v) is 3.03. The topological polar surface area (TPSA) is 47.6 Å². The van der Waals surface area contributed by atoms with Crippen molar-refractivity contribution in [3.63, 3.8) is 0 Å². The van der Waals surface area contributed by atoms with E-state index in [4.69, 9.17) is 32.7 Å². The fraction of sp³-hybridized carbons (Fsp3) is 0.350. The predicted molar refractivity (Wildman–Crippen MR) is 106 cm³/mol. The van der Waals surface area contributed by atoms with Gasteiger partial charge in [0, 0.05) is 6.42 Å². The maximum absolute atomic E-state index is 12.4. The molecule has 140 valence electrons. The van der Waals surface area contributed by atoms with Crippen molar-refractivity contribution in [1.82, 2.24) is 5.32 Å². The van der Waals surface area contributed by atoms with Crippen LogP contribution in [0.3, 0.4) is 0 Å². The molecule has 1 atom stereocenters. The van der Waals surface area contributed by atoms with Gasteiger partial charge in [0.05, 0.1) is 30.3 Å². The Hall–Kier alpha value is -1.91. The van der Waals surface area contributed by atoms with Gasteiger partial charge < -0.3 is 14.8 Å². The van der Waals surface area contributed by atoms with E-state index in [9.17, 15) is 4.79 Å². The lowest BCUT2D eigenvalue weighted by molar-refractivity contribution is -0.121. The maximum atomic E-state index is 12.4. The van der Waals surface area contributed by atoms with Crippen LogP contribution in [0, 0.1) is 0 Å². The van der Waals surface area contributed by atoms with Crippen molar-refractivity contribution < 1.29 is 14.3 Å². The first kappa shape index (κ1) is 20.4. The van der Waals surface area contributed by atoms with Crippen LogP contribution in [0.25, 0.3) is 0 Å². The highest BCUT2D eigenvalue weighted by atomic mass is 35.5. The molecule has 2 aromatic carbocycles. The van der Waals surface area contributed by atoms with Crippen molar-refractivity contribution >= 4 is 29.1 Å². The minimum atomic E-state index is -0.0869. The lowest BCUT2D eigenvalue weighted by atomic mass is 10.0. The highest BCUT2D eigenvalue weighted by Gasteiger charge is 2.15. The first-order valence-electron chi connectivity index (χ1n) is 8.43.